The summed E-state index contributed by atoms with van der Waals surface area (Å²) in [5.41, 5.74) is 1.25. The summed E-state index contributed by atoms with van der Waals surface area (Å²) in [5.74, 6) is 0.636. The van der Waals surface area contributed by atoms with Crippen LogP contribution in [0.4, 0.5) is 4.39 Å². The van der Waals surface area contributed by atoms with Crippen LogP contribution in [0, 0.1) is 5.82 Å². The second-order valence-electron chi connectivity index (χ2n) is 6.95. The molecular formula is C21H22FN5O2. The van der Waals surface area contributed by atoms with E-state index in [9.17, 15) is 9.18 Å². The first kappa shape index (κ1) is 19.1. The van der Waals surface area contributed by atoms with Gasteiger partial charge in [-0.25, -0.2) is 9.07 Å². The largest absolute Gasteiger partial charge is 0.457 e. The third-order valence-electron chi connectivity index (χ3n) is 4.85. The lowest BCUT2D eigenvalue weighted by Gasteiger charge is -2.22. The maximum absolute atomic E-state index is 12.9. The lowest BCUT2D eigenvalue weighted by atomic mass is 10.1. The van der Waals surface area contributed by atoms with Crippen LogP contribution in [-0.2, 0) is 6.54 Å². The summed E-state index contributed by atoms with van der Waals surface area (Å²) >= 11 is 0. The van der Waals surface area contributed by atoms with Crippen molar-refractivity contribution in [1.82, 2.24) is 25.6 Å². The van der Waals surface area contributed by atoms with Gasteiger partial charge in [0.2, 0.25) is 0 Å². The molecule has 2 N–H and O–H groups in total. The zero-order valence-electron chi connectivity index (χ0n) is 15.8. The minimum absolute atomic E-state index is 0.253. The molecule has 1 aliphatic heterocycles. The molecule has 150 valence electrons. The smallest absolute Gasteiger partial charge is 0.273 e. The highest BCUT2D eigenvalue weighted by Crippen LogP contribution is 2.22. The van der Waals surface area contributed by atoms with Crippen LogP contribution < -0.4 is 15.4 Å². The maximum atomic E-state index is 12.9. The number of hydrogen-bond acceptors (Lipinski definition) is 5. The quantitative estimate of drug-likeness (QED) is 0.671. The lowest BCUT2D eigenvalue weighted by Crippen LogP contribution is -2.29. The Hall–Kier alpha value is -3.26. The third kappa shape index (κ3) is 4.97. The average Bonchev–Trinajstić information content (AvgIpc) is 3.26. The van der Waals surface area contributed by atoms with Crippen LogP contribution in [-0.4, -0.2) is 34.0 Å². The fourth-order valence-corrected chi connectivity index (χ4v) is 3.22. The minimum Gasteiger partial charge on any atom is -0.457 e. The van der Waals surface area contributed by atoms with Crippen molar-refractivity contribution in [2.75, 3.05) is 13.1 Å². The predicted molar refractivity (Wildman–Crippen MR) is 105 cm³/mol. The number of ether oxygens (including phenoxy) is 1. The zero-order valence-corrected chi connectivity index (χ0v) is 15.8. The number of benzene rings is 2. The first-order valence-electron chi connectivity index (χ1n) is 9.60. The van der Waals surface area contributed by atoms with Gasteiger partial charge in [0.25, 0.3) is 5.91 Å². The van der Waals surface area contributed by atoms with Gasteiger partial charge in [0.05, 0.1) is 12.2 Å². The Labute approximate surface area is 167 Å². The van der Waals surface area contributed by atoms with Crippen LogP contribution in [0.2, 0.25) is 0 Å². The molecule has 0 aliphatic carbocycles. The summed E-state index contributed by atoms with van der Waals surface area (Å²) in [6.07, 6.45) is 3.68. The number of amides is 1. The van der Waals surface area contributed by atoms with Gasteiger partial charge in [0.15, 0.2) is 5.69 Å². The Balaban J connectivity index is 1.30. The Bertz CT molecular complexity index is 950. The summed E-state index contributed by atoms with van der Waals surface area (Å²) in [7, 11) is 0. The summed E-state index contributed by atoms with van der Waals surface area (Å²) in [4.78, 5) is 12.4. The van der Waals surface area contributed by atoms with Gasteiger partial charge in [-0.05, 0) is 67.9 Å². The van der Waals surface area contributed by atoms with E-state index in [2.05, 4.69) is 20.9 Å². The average molecular weight is 395 g/mol. The van der Waals surface area contributed by atoms with Crippen molar-refractivity contribution < 1.29 is 13.9 Å². The van der Waals surface area contributed by atoms with E-state index in [0.29, 0.717) is 29.8 Å². The van der Waals surface area contributed by atoms with E-state index in [1.165, 1.54) is 12.1 Å². The van der Waals surface area contributed by atoms with Gasteiger partial charge in [-0.2, -0.15) is 0 Å². The van der Waals surface area contributed by atoms with Gasteiger partial charge < -0.3 is 15.4 Å². The van der Waals surface area contributed by atoms with E-state index in [0.717, 1.165) is 31.5 Å². The molecule has 1 saturated heterocycles. The first-order valence-corrected chi connectivity index (χ1v) is 9.60. The zero-order chi connectivity index (χ0) is 20.1. The molecule has 1 aliphatic rings. The predicted octanol–water partition coefficient (Wildman–Crippen LogP) is 3.06. The SMILES string of the molecule is O=C(NCc1ccc(Oc2ccc(F)cc2)cc1)c1cn(C2CCNCC2)nn1. The van der Waals surface area contributed by atoms with Crippen LogP contribution in [0.1, 0.15) is 34.9 Å². The second kappa shape index (κ2) is 8.83. The van der Waals surface area contributed by atoms with Crippen molar-refractivity contribution >= 4 is 5.91 Å². The number of aromatic nitrogens is 3. The normalized spacial score (nSPS) is 14.5. The van der Waals surface area contributed by atoms with Gasteiger partial charge in [-0.3, -0.25) is 4.79 Å². The molecule has 0 saturated carbocycles. The number of nitrogens with one attached hydrogen (secondary N) is 2. The molecule has 2 heterocycles. The number of nitrogens with zero attached hydrogens (tertiary/aromatic N) is 3. The van der Waals surface area contributed by atoms with E-state index >= 15 is 0 Å². The number of piperidine rings is 1. The molecule has 1 amide bonds. The van der Waals surface area contributed by atoms with Crippen molar-refractivity contribution in [3.8, 4) is 11.5 Å². The fourth-order valence-electron chi connectivity index (χ4n) is 3.22. The first-order chi connectivity index (χ1) is 14.2. The van der Waals surface area contributed by atoms with Crippen LogP contribution in [0.25, 0.3) is 0 Å². The molecule has 0 bridgehead atoms. The van der Waals surface area contributed by atoms with Crippen molar-refractivity contribution in [3.63, 3.8) is 0 Å². The molecule has 8 heteroatoms. The fraction of sp³-hybridized carbons (Fsp3) is 0.286. The third-order valence-corrected chi connectivity index (χ3v) is 4.85. The van der Waals surface area contributed by atoms with Crippen LogP contribution in [0.5, 0.6) is 11.5 Å². The standard InChI is InChI=1S/C21H22FN5O2/c22-16-3-7-19(8-4-16)29-18-5-1-15(2-6-18)13-24-21(28)20-14-27(26-25-20)17-9-11-23-12-10-17/h1-8,14,17,23H,9-13H2,(H,24,28). The molecule has 3 aromatic rings. The van der Waals surface area contributed by atoms with Gasteiger partial charge in [0.1, 0.15) is 17.3 Å². The molecule has 7 nitrogen and oxygen atoms in total. The Morgan fingerprint density at radius 2 is 1.76 bits per heavy atom. The number of carbonyl (C=O) groups excluding carboxylic acids is 1. The number of carbonyl (C=O) groups is 1. The summed E-state index contributed by atoms with van der Waals surface area (Å²) in [6, 6.07) is 13.5. The summed E-state index contributed by atoms with van der Waals surface area (Å²) < 4.78 is 20.4. The molecular weight excluding hydrogens is 373 g/mol. The van der Waals surface area contributed by atoms with E-state index in [4.69, 9.17) is 4.74 Å². The molecule has 1 aromatic heterocycles. The minimum atomic E-state index is -0.306. The van der Waals surface area contributed by atoms with Gasteiger partial charge in [0, 0.05) is 6.54 Å². The number of halogens is 1. The molecule has 4 rings (SSSR count). The lowest BCUT2D eigenvalue weighted by molar-refractivity contribution is 0.0946. The Morgan fingerprint density at radius 3 is 2.45 bits per heavy atom. The van der Waals surface area contributed by atoms with Gasteiger partial charge in [-0.1, -0.05) is 17.3 Å². The summed E-state index contributed by atoms with van der Waals surface area (Å²) in [6.45, 7) is 2.27. The topological polar surface area (TPSA) is 81.1 Å². The monoisotopic (exact) mass is 395 g/mol. The van der Waals surface area contributed by atoms with Gasteiger partial charge >= 0.3 is 0 Å². The summed E-state index contributed by atoms with van der Waals surface area (Å²) in [5, 5.41) is 14.3. The molecule has 0 unspecified atom stereocenters. The second-order valence-corrected chi connectivity index (χ2v) is 6.95. The van der Waals surface area contributed by atoms with Crippen LogP contribution >= 0.6 is 0 Å². The highest BCUT2D eigenvalue weighted by atomic mass is 19.1. The number of rotatable bonds is 6. The molecule has 0 spiro atoms. The van der Waals surface area contributed by atoms with E-state index in [-0.39, 0.29) is 11.7 Å². The molecule has 0 atom stereocenters. The van der Waals surface area contributed by atoms with Crippen LogP contribution in [0.3, 0.4) is 0 Å². The molecule has 29 heavy (non-hydrogen) atoms. The van der Waals surface area contributed by atoms with E-state index in [1.807, 2.05) is 12.1 Å². The molecule has 2 aromatic carbocycles. The van der Waals surface area contributed by atoms with E-state index < -0.39 is 0 Å². The van der Waals surface area contributed by atoms with Crippen molar-refractivity contribution in [2.24, 2.45) is 0 Å². The van der Waals surface area contributed by atoms with Crippen molar-refractivity contribution in [2.45, 2.75) is 25.4 Å². The maximum Gasteiger partial charge on any atom is 0.273 e. The number of hydrogen-bond donors (Lipinski definition) is 2. The van der Waals surface area contributed by atoms with Gasteiger partial charge in [-0.15, -0.1) is 5.10 Å². The Kier molecular flexibility index (Phi) is 5.81. The molecule has 1 fully saturated rings. The molecule has 0 radical (unpaired) electrons. The highest BCUT2D eigenvalue weighted by molar-refractivity contribution is 5.91. The van der Waals surface area contributed by atoms with Crippen molar-refractivity contribution in [1.29, 1.82) is 0 Å². The van der Waals surface area contributed by atoms with E-state index in [1.54, 1.807) is 35.1 Å². The Morgan fingerprint density at radius 1 is 1.10 bits per heavy atom. The van der Waals surface area contributed by atoms with Crippen molar-refractivity contribution in [3.05, 3.63) is 71.8 Å². The van der Waals surface area contributed by atoms with Crippen LogP contribution in [0.15, 0.2) is 54.7 Å². The highest BCUT2D eigenvalue weighted by Gasteiger charge is 2.18.